The van der Waals surface area contributed by atoms with Crippen molar-refractivity contribution in [3.05, 3.63) is 33.5 Å². The van der Waals surface area contributed by atoms with Gasteiger partial charge in [0.2, 0.25) is 0 Å². The summed E-state index contributed by atoms with van der Waals surface area (Å²) in [5.41, 5.74) is 5.74. The van der Waals surface area contributed by atoms with Gasteiger partial charge >= 0.3 is 0 Å². The molecule has 1 unspecified atom stereocenters. The Kier molecular flexibility index (Phi) is 4.37. The Balaban J connectivity index is 1.85. The van der Waals surface area contributed by atoms with Gasteiger partial charge in [-0.05, 0) is 25.8 Å². The molecule has 0 fully saturated rings. The summed E-state index contributed by atoms with van der Waals surface area (Å²) in [4.78, 5) is 8.21. The molecule has 0 N–H and O–H groups in total. The summed E-state index contributed by atoms with van der Waals surface area (Å²) < 4.78 is 7.74. The molecular formula is C15H22N4OS. The summed E-state index contributed by atoms with van der Waals surface area (Å²) in [5, 5.41) is 4.43. The fourth-order valence-electron chi connectivity index (χ4n) is 2.97. The quantitative estimate of drug-likeness (QED) is 0.850. The number of rotatable bonds is 5. The number of ether oxygens (including phenoxy) is 1. The molecule has 21 heavy (non-hydrogen) atoms. The van der Waals surface area contributed by atoms with Crippen molar-refractivity contribution in [2.24, 2.45) is 7.05 Å². The first kappa shape index (κ1) is 14.7. The van der Waals surface area contributed by atoms with Gasteiger partial charge in [0.15, 0.2) is 0 Å². The molecule has 114 valence electrons. The predicted molar refractivity (Wildman–Crippen MR) is 83.4 cm³/mol. The van der Waals surface area contributed by atoms with Crippen molar-refractivity contribution in [2.75, 3.05) is 19.8 Å². The van der Waals surface area contributed by atoms with E-state index in [4.69, 9.17) is 4.74 Å². The first-order valence-corrected chi connectivity index (χ1v) is 8.30. The lowest BCUT2D eigenvalue weighted by Crippen LogP contribution is -2.38. The Labute approximate surface area is 129 Å². The zero-order valence-electron chi connectivity index (χ0n) is 12.9. The first-order valence-electron chi connectivity index (χ1n) is 7.42. The zero-order valence-corrected chi connectivity index (χ0v) is 13.7. The van der Waals surface area contributed by atoms with Gasteiger partial charge in [-0.2, -0.15) is 5.10 Å². The highest BCUT2D eigenvalue weighted by molar-refractivity contribution is 7.09. The van der Waals surface area contributed by atoms with E-state index in [0.29, 0.717) is 0 Å². The predicted octanol–water partition coefficient (Wildman–Crippen LogP) is 2.32. The summed E-state index contributed by atoms with van der Waals surface area (Å²) in [6.07, 6.45) is 3.06. The maximum Gasteiger partial charge on any atom is 0.0798 e. The lowest BCUT2D eigenvalue weighted by molar-refractivity contribution is 0.0522. The van der Waals surface area contributed by atoms with E-state index >= 15 is 0 Å². The van der Waals surface area contributed by atoms with Crippen LogP contribution in [0.15, 0.2) is 11.7 Å². The largest absolute Gasteiger partial charge is 0.380 e. The topological polar surface area (TPSA) is 43.2 Å². The Morgan fingerprint density at radius 3 is 3.05 bits per heavy atom. The molecule has 1 aliphatic heterocycles. The van der Waals surface area contributed by atoms with Crippen molar-refractivity contribution in [3.63, 3.8) is 0 Å². The van der Waals surface area contributed by atoms with Crippen molar-refractivity contribution < 1.29 is 4.74 Å². The molecule has 0 aliphatic carbocycles. The van der Waals surface area contributed by atoms with Gasteiger partial charge in [-0.3, -0.25) is 9.58 Å². The summed E-state index contributed by atoms with van der Waals surface area (Å²) in [5.74, 6) is 0. The second-order valence-electron chi connectivity index (χ2n) is 5.44. The van der Waals surface area contributed by atoms with Crippen LogP contribution in [-0.4, -0.2) is 39.4 Å². The number of aromatic nitrogens is 3. The molecule has 0 saturated heterocycles. The van der Waals surface area contributed by atoms with E-state index in [0.717, 1.165) is 38.4 Å². The van der Waals surface area contributed by atoms with E-state index < -0.39 is 0 Å². The number of hydrogen-bond donors (Lipinski definition) is 0. The second-order valence-corrected chi connectivity index (χ2v) is 6.37. The van der Waals surface area contributed by atoms with Crippen LogP contribution in [0.5, 0.6) is 0 Å². The molecule has 3 rings (SSSR count). The van der Waals surface area contributed by atoms with Crippen LogP contribution < -0.4 is 0 Å². The minimum absolute atomic E-state index is 0.280. The minimum Gasteiger partial charge on any atom is -0.380 e. The van der Waals surface area contributed by atoms with Crippen molar-refractivity contribution in [1.29, 1.82) is 0 Å². The van der Waals surface area contributed by atoms with Crippen molar-refractivity contribution in [1.82, 2.24) is 19.7 Å². The fourth-order valence-corrected chi connectivity index (χ4v) is 3.77. The molecule has 3 heterocycles. The molecule has 1 atom stereocenters. The van der Waals surface area contributed by atoms with Gasteiger partial charge in [-0.25, -0.2) is 4.98 Å². The average molecular weight is 306 g/mol. The SMILES string of the molecule is CCOCC1c2c(cnn2C)CCN1Cc1scnc1C. The third-order valence-corrected chi connectivity index (χ3v) is 5.08. The smallest absolute Gasteiger partial charge is 0.0798 e. The third-order valence-electron chi connectivity index (χ3n) is 4.16. The van der Waals surface area contributed by atoms with E-state index in [1.165, 1.54) is 16.1 Å². The lowest BCUT2D eigenvalue weighted by Gasteiger charge is -2.35. The van der Waals surface area contributed by atoms with Gasteiger partial charge in [0.25, 0.3) is 0 Å². The second kappa shape index (κ2) is 6.25. The van der Waals surface area contributed by atoms with Crippen LogP contribution in [-0.2, 0) is 24.8 Å². The molecule has 0 radical (unpaired) electrons. The van der Waals surface area contributed by atoms with Crippen LogP contribution in [0.2, 0.25) is 0 Å². The van der Waals surface area contributed by atoms with Gasteiger partial charge in [0.1, 0.15) is 0 Å². The normalized spacial score (nSPS) is 18.9. The van der Waals surface area contributed by atoms with Crippen LogP contribution in [0.4, 0.5) is 0 Å². The van der Waals surface area contributed by atoms with Gasteiger partial charge < -0.3 is 4.74 Å². The van der Waals surface area contributed by atoms with Crippen molar-refractivity contribution >= 4 is 11.3 Å². The van der Waals surface area contributed by atoms with Crippen LogP contribution >= 0.6 is 11.3 Å². The molecule has 0 saturated carbocycles. The molecule has 0 bridgehead atoms. The van der Waals surface area contributed by atoms with Gasteiger partial charge in [0, 0.05) is 31.6 Å². The van der Waals surface area contributed by atoms with E-state index in [-0.39, 0.29) is 6.04 Å². The third kappa shape index (κ3) is 2.88. The lowest BCUT2D eigenvalue weighted by atomic mass is 10.00. The number of aryl methyl sites for hydroxylation is 2. The molecule has 1 aliphatic rings. The Bertz CT molecular complexity index is 607. The Hall–Kier alpha value is -1.24. The fraction of sp³-hybridized carbons (Fsp3) is 0.600. The van der Waals surface area contributed by atoms with Crippen molar-refractivity contribution in [3.8, 4) is 0 Å². The highest BCUT2D eigenvalue weighted by atomic mass is 32.1. The molecule has 0 spiro atoms. The summed E-state index contributed by atoms with van der Waals surface area (Å²) in [6, 6.07) is 0.280. The molecular weight excluding hydrogens is 284 g/mol. The monoisotopic (exact) mass is 306 g/mol. The summed E-state index contributed by atoms with van der Waals surface area (Å²) in [6.45, 7) is 7.60. The van der Waals surface area contributed by atoms with E-state index in [1.807, 2.05) is 30.4 Å². The number of fused-ring (bicyclic) bond motifs is 1. The van der Waals surface area contributed by atoms with Crippen molar-refractivity contribution in [2.45, 2.75) is 32.9 Å². The molecule has 5 nitrogen and oxygen atoms in total. The summed E-state index contributed by atoms with van der Waals surface area (Å²) in [7, 11) is 2.03. The zero-order chi connectivity index (χ0) is 14.8. The highest BCUT2D eigenvalue weighted by Crippen LogP contribution is 2.31. The van der Waals surface area contributed by atoms with Crippen LogP contribution in [0.1, 0.15) is 34.8 Å². The van der Waals surface area contributed by atoms with E-state index in [1.54, 1.807) is 11.3 Å². The maximum atomic E-state index is 5.74. The van der Waals surface area contributed by atoms with Gasteiger partial charge in [-0.1, -0.05) is 0 Å². The van der Waals surface area contributed by atoms with Gasteiger partial charge in [0.05, 0.1) is 35.7 Å². The van der Waals surface area contributed by atoms with Crippen LogP contribution in [0, 0.1) is 6.92 Å². The minimum atomic E-state index is 0.280. The van der Waals surface area contributed by atoms with E-state index in [2.05, 4.69) is 21.9 Å². The Morgan fingerprint density at radius 2 is 2.33 bits per heavy atom. The first-order chi connectivity index (χ1) is 10.2. The Morgan fingerprint density at radius 1 is 1.48 bits per heavy atom. The average Bonchev–Trinajstić information content (AvgIpc) is 3.05. The number of thiazole rings is 1. The standard InChI is InChI=1S/C15H22N4OS/c1-4-20-9-13-15-12(7-17-18(15)3)5-6-19(13)8-14-11(2)16-10-21-14/h7,10,13H,4-6,8-9H2,1-3H3. The molecule has 0 amide bonds. The van der Waals surface area contributed by atoms with E-state index in [9.17, 15) is 0 Å². The van der Waals surface area contributed by atoms with Gasteiger partial charge in [-0.15, -0.1) is 11.3 Å². The summed E-state index contributed by atoms with van der Waals surface area (Å²) >= 11 is 1.74. The van der Waals surface area contributed by atoms with Crippen LogP contribution in [0.25, 0.3) is 0 Å². The molecule has 2 aromatic rings. The maximum absolute atomic E-state index is 5.74. The molecule has 6 heteroatoms. The number of nitrogens with zero attached hydrogens (tertiary/aromatic N) is 4. The molecule has 2 aromatic heterocycles. The molecule has 0 aromatic carbocycles. The highest BCUT2D eigenvalue weighted by Gasteiger charge is 2.31. The number of hydrogen-bond acceptors (Lipinski definition) is 5. The van der Waals surface area contributed by atoms with Crippen LogP contribution in [0.3, 0.4) is 0 Å².